The van der Waals surface area contributed by atoms with Crippen molar-refractivity contribution in [3.05, 3.63) is 65.9 Å². The molecule has 0 spiro atoms. The number of para-hydroxylation sites is 2. The molecular formula is C21H20O6. The molecule has 0 aliphatic carbocycles. The lowest BCUT2D eigenvalue weighted by molar-refractivity contribution is -0.145. The molecular weight excluding hydrogens is 348 g/mol. The first-order valence-corrected chi connectivity index (χ1v) is 8.70. The summed E-state index contributed by atoms with van der Waals surface area (Å²) < 4.78 is 21.4. The maximum absolute atomic E-state index is 12.1. The van der Waals surface area contributed by atoms with E-state index in [1.807, 2.05) is 42.5 Å². The second-order valence-corrected chi connectivity index (χ2v) is 5.70. The maximum Gasteiger partial charge on any atom is 0.374 e. The predicted molar refractivity (Wildman–Crippen MR) is 98.5 cm³/mol. The van der Waals surface area contributed by atoms with Gasteiger partial charge >= 0.3 is 11.9 Å². The number of carbonyl (C=O) groups is 2. The summed E-state index contributed by atoms with van der Waals surface area (Å²) in [5, 5.41) is 0.717. The Morgan fingerprint density at radius 3 is 2.48 bits per heavy atom. The van der Waals surface area contributed by atoms with E-state index < -0.39 is 11.9 Å². The number of rotatable bonds is 8. The summed E-state index contributed by atoms with van der Waals surface area (Å²) >= 11 is 0. The maximum atomic E-state index is 12.1. The normalized spacial score (nSPS) is 10.6. The van der Waals surface area contributed by atoms with Crippen LogP contribution in [0.5, 0.6) is 5.75 Å². The SMILES string of the molecule is CCOC(=O)c1oc2ccccc2c1COC(=O)CCOc1ccccc1. The number of ether oxygens (including phenoxy) is 3. The van der Waals surface area contributed by atoms with Gasteiger partial charge in [0.05, 0.1) is 25.2 Å². The summed E-state index contributed by atoms with van der Waals surface area (Å²) in [6.45, 7) is 2.08. The number of fused-ring (bicyclic) bond motifs is 1. The van der Waals surface area contributed by atoms with Crippen LogP contribution < -0.4 is 4.74 Å². The Balaban J connectivity index is 1.62. The average molecular weight is 368 g/mol. The first-order chi connectivity index (χ1) is 13.2. The van der Waals surface area contributed by atoms with E-state index in [4.69, 9.17) is 18.6 Å². The first-order valence-electron chi connectivity index (χ1n) is 8.70. The molecule has 140 valence electrons. The lowest BCUT2D eigenvalue weighted by Crippen LogP contribution is -2.12. The molecule has 6 nitrogen and oxygen atoms in total. The molecule has 1 heterocycles. The van der Waals surface area contributed by atoms with Gasteiger partial charge in [0, 0.05) is 5.39 Å². The molecule has 1 aromatic heterocycles. The van der Waals surface area contributed by atoms with Gasteiger partial charge < -0.3 is 18.6 Å². The van der Waals surface area contributed by atoms with Crippen LogP contribution in [0.1, 0.15) is 29.5 Å². The fourth-order valence-electron chi connectivity index (χ4n) is 2.60. The van der Waals surface area contributed by atoms with Crippen molar-refractivity contribution < 1.29 is 28.2 Å². The molecule has 0 N–H and O–H groups in total. The van der Waals surface area contributed by atoms with E-state index in [-0.39, 0.29) is 32.0 Å². The molecule has 3 aromatic rings. The van der Waals surface area contributed by atoms with Crippen LogP contribution in [-0.4, -0.2) is 25.2 Å². The van der Waals surface area contributed by atoms with Crippen LogP contribution in [0.25, 0.3) is 11.0 Å². The molecule has 0 aliphatic rings. The van der Waals surface area contributed by atoms with Gasteiger partial charge in [0.2, 0.25) is 5.76 Å². The summed E-state index contributed by atoms with van der Waals surface area (Å²) in [6.07, 6.45) is 0.0966. The fraction of sp³-hybridized carbons (Fsp3) is 0.238. The highest BCUT2D eigenvalue weighted by atomic mass is 16.5. The second kappa shape index (κ2) is 8.89. The fourth-order valence-corrected chi connectivity index (χ4v) is 2.60. The molecule has 6 heteroatoms. The van der Waals surface area contributed by atoms with E-state index >= 15 is 0 Å². The Hall–Kier alpha value is -3.28. The monoisotopic (exact) mass is 368 g/mol. The van der Waals surface area contributed by atoms with E-state index in [1.165, 1.54) is 0 Å². The minimum Gasteiger partial charge on any atom is -0.493 e. The van der Waals surface area contributed by atoms with Crippen LogP contribution in [0.2, 0.25) is 0 Å². The number of carbonyl (C=O) groups excluding carboxylic acids is 2. The molecule has 0 fully saturated rings. The van der Waals surface area contributed by atoms with Crippen molar-refractivity contribution in [2.24, 2.45) is 0 Å². The molecule has 0 atom stereocenters. The second-order valence-electron chi connectivity index (χ2n) is 5.70. The van der Waals surface area contributed by atoms with Crippen molar-refractivity contribution in [1.29, 1.82) is 0 Å². The zero-order valence-corrected chi connectivity index (χ0v) is 15.0. The smallest absolute Gasteiger partial charge is 0.374 e. The van der Waals surface area contributed by atoms with Crippen LogP contribution in [0.4, 0.5) is 0 Å². The number of furan rings is 1. The van der Waals surface area contributed by atoms with Gasteiger partial charge in [0.1, 0.15) is 17.9 Å². The van der Waals surface area contributed by atoms with Gasteiger partial charge in [-0.05, 0) is 25.1 Å². The predicted octanol–water partition coefficient (Wildman–Crippen LogP) is 4.12. The summed E-state index contributed by atoms with van der Waals surface area (Å²) in [5.41, 5.74) is 1.04. The van der Waals surface area contributed by atoms with Crippen molar-refractivity contribution in [3.63, 3.8) is 0 Å². The third-order valence-corrected chi connectivity index (χ3v) is 3.85. The van der Waals surface area contributed by atoms with E-state index in [1.54, 1.807) is 19.1 Å². The van der Waals surface area contributed by atoms with E-state index in [0.717, 1.165) is 0 Å². The number of hydrogen-bond acceptors (Lipinski definition) is 6. The number of hydrogen-bond donors (Lipinski definition) is 0. The molecule has 3 rings (SSSR count). The first kappa shape index (κ1) is 18.5. The van der Waals surface area contributed by atoms with Gasteiger partial charge in [-0.3, -0.25) is 4.79 Å². The van der Waals surface area contributed by atoms with Crippen LogP contribution in [0.15, 0.2) is 59.0 Å². The van der Waals surface area contributed by atoms with Gasteiger partial charge in [0.15, 0.2) is 0 Å². The number of esters is 2. The topological polar surface area (TPSA) is 75.0 Å². The number of benzene rings is 2. The van der Waals surface area contributed by atoms with E-state index in [9.17, 15) is 9.59 Å². The molecule has 0 aliphatic heterocycles. The largest absolute Gasteiger partial charge is 0.493 e. The minimum absolute atomic E-state index is 0.0615. The molecule has 2 aromatic carbocycles. The van der Waals surface area contributed by atoms with Crippen molar-refractivity contribution in [2.75, 3.05) is 13.2 Å². The van der Waals surface area contributed by atoms with Crippen molar-refractivity contribution in [2.45, 2.75) is 20.0 Å². The lowest BCUT2D eigenvalue weighted by atomic mass is 10.1. The third kappa shape index (κ3) is 4.67. The highest BCUT2D eigenvalue weighted by Gasteiger charge is 2.22. The zero-order valence-electron chi connectivity index (χ0n) is 15.0. The standard InChI is InChI=1S/C21H20O6/c1-2-24-21(23)20-17(16-10-6-7-11-18(16)27-20)14-26-19(22)12-13-25-15-8-4-3-5-9-15/h3-11H,2,12-14H2,1H3. The van der Waals surface area contributed by atoms with Gasteiger partial charge in [-0.1, -0.05) is 36.4 Å². The highest BCUT2D eigenvalue weighted by molar-refractivity contribution is 5.96. The van der Waals surface area contributed by atoms with Gasteiger partial charge in [-0.25, -0.2) is 4.79 Å². The van der Waals surface area contributed by atoms with Gasteiger partial charge in [-0.2, -0.15) is 0 Å². The van der Waals surface area contributed by atoms with Crippen LogP contribution in [0.3, 0.4) is 0 Å². The van der Waals surface area contributed by atoms with E-state index in [2.05, 4.69) is 0 Å². The Kier molecular flexibility index (Phi) is 6.10. The summed E-state index contributed by atoms with van der Waals surface area (Å²) in [4.78, 5) is 24.2. The van der Waals surface area contributed by atoms with Crippen LogP contribution >= 0.6 is 0 Å². The summed E-state index contributed by atoms with van der Waals surface area (Å²) in [7, 11) is 0. The molecule has 0 unspecified atom stereocenters. The van der Waals surface area contributed by atoms with Crippen molar-refractivity contribution in [1.82, 2.24) is 0 Å². The average Bonchev–Trinajstić information content (AvgIpc) is 3.06. The lowest BCUT2D eigenvalue weighted by Gasteiger charge is -2.07. The van der Waals surface area contributed by atoms with Crippen LogP contribution in [0, 0.1) is 0 Å². The Labute approximate surface area is 156 Å². The molecule has 0 saturated heterocycles. The van der Waals surface area contributed by atoms with E-state index in [0.29, 0.717) is 22.3 Å². The molecule has 0 bridgehead atoms. The third-order valence-electron chi connectivity index (χ3n) is 3.85. The van der Waals surface area contributed by atoms with Crippen molar-refractivity contribution in [3.8, 4) is 5.75 Å². The molecule has 0 amide bonds. The zero-order chi connectivity index (χ0) is 19.1. The van der Waals surface area contributed by atoms with Gasteiger partial charge in [-0.15, -0.1) is 0 Å². The summed E-state index contributed by atoms with van der Waals surface area (Å²) in [5.74, 6) is -0.250. The molecule has 0 saturated carbocycles. The summed E-state index contributed by atoms with van der Waals surface area (Å²) in [6, 6.07) is 16.4. The van der Waals surface area contributed by atoms with Crippen molar-refractivity contribution >= 4 is 22.9 Å². The Morgan fingerprint density at radius 1 is 0.963 bits per heavy atom. The Morgan fingerprint density at radius 2 is 1.70 bits per heavy atom. The minimum atomic E-state index is -0.577. The highest BCUT2D eigenvalue weighted by Crippen LogP contribution is 2.27. The van der Waals surface area contributed by atoms with Crippen LogP contribution in [-0.2, 0) is 20.9 Å². The Bertz CT molecular complexity index is 913. The molecule has 0 radical (unpaired) electrons. The molecule has 27 heavy (non-hydrogen) atoms. The quantitative estimate of drug-likeness (QED) is 0.557. The van der Waals surface area contributed by atoms with Gasteiger partial charge in [0.25, 0.3) is 0 Å².